The second kappa shape index (κ2) is 8.63. The number of methoxy groups -OCH3 is 1. The Morgan fingerprint density at radius 3 is 2.71 bits per heavy atom. The fourth-order valence-electron chi connectivity index (χ4n) is 3.02. The van der Waals surface area contributed by atoms with Crippen molar-refractivity contribution >= 4 is 11.6 Å². The summed E-state index contributed by atoms with van der Waals surface area (Å²) in [6.45, 7) is 1.97. The van der Waals surface area contributed by atoms with E-state index in [1.807, 2.05) is 0 Å². The summed E-state index contributed by atoms with van der Waals surface area (Å²) in [5, 5.41) is 17.6. The smallest absolute Gasteiger partial charge is 0.274 e. The molecule has 0 atom stereocenters. The lowest BCUT2D eigenvalue weighted by Gasteiger charge is -2.42. The number of nitro groups is 1. The maximum atomic E-state index is 11.1. The van der Waals surface area contributed by atoms with Crippen LogP contribution in [0.15, 0.2) is 29.3 Å². The number of hydrogen-bond donors (Lipinski definition) is 2. The van der Waals surface area contributed by atoms with E-state index in [2.05, 4.69) is 15.6 Å². The van der Waals surface area contributed by atoms with E-state index in [-0.39, 0.29) is 16.0 Å². The molecule has 0 unspecified atom stereocenters. The molecule has 0 heterocycles. The fourth-order valence-corrected chi connectivity index (χ4v) is 3.02. The molecule has 0 aliphatic heterocycles. The van der Waals surface area contributed by atoms with Crippen molar-refractivity contribution < 1.29 is 9.66 Å². The van der Waals surface area contributed by atoms with Crippen molar-refractivity contribution in [2.45, 2.75) is 32.2 Å². The third kappa shape index (κ3) is 4.67. The number of hydrogen-bond acceptors (Lipinski definition) is 4. The number of nitro benzene ring substituents is 1. The molecule has 132 valence electrons. The molecular weight excluding hydrogens is 308 g/mol. The van der Waals surface area contributed by atoms with Crippen LogP contribution in [0, 0.1) is 15.5 Å². The van der Waals surface area contributed by atoms with Crippen LogP contribution in [0.5, 0.6) is 0 Å². The maximum absolute atomic E-state index is 11.1. The lowest BCUT2D eigenvalue weighted by atomic mass is 9.67. The molecule has 1 aliphatic rings. The van der Waals surface area contributed by atoms with E-state index in [1.165, 1.54) is 25.3 Å². The molecule has 1 fully saturated rings. The number of nitrogens with one attached hydrogen (secondary N) is 2. The first-order valence-electron chi connectivity index (χ1n) is 8.26. The number of para-hydroxylation sites is 1. The van der Waals surface area contributed by atoms with Crippen molar-refractivity contribution in [3.8, 4) is 0 Å². The van der Waals surface area contributed by atoms with Crippen LogP contribution in [-0.4, -0.2) is 38.2 Å². The highest BCUT2D eigenvalue weighted by Gasteiger charge is 2.36. The van der Waals surface area contributed by atoms with Crippen LogP contribution in [-0.2, 0) is 11.3 Å². The maximum Gasteiger partial charge on any atom is 0.274 e. The lowest BCUT2D eigenvalue weighted by Crippen LogP contribution is -2.46. The summed E-state index contributed by atoms with van der Waals surface area (Å²) < 4.78 is 5.21. The van der Waals surface area contributed by atoms with Gasteiger partial charge in [-0.2, -0.15) is 0 Å². The molecule has 0 radical (unpaired) electrons. The van der Waals surface area contributed by atoms with E-state index in [9.17, 15) is 10.1 Å². The molecule has 24 heavy (non-hydrogen) atoms. The van der Waals surface area contributed by atoms with Crippen molar-refractivity contribution in [3.05, 3.63) is 39.9 Å². The number of aliphatic imine (C=N–C) groups is 1. The third-order valence-corrected chi connectivity index (χ3v) is 4.74. The number of rotatable bonds is 8. The Labute approximate surface area is 142 Å². The minimum absolute atomic E-state index is 0.121. The van der Waals surface area contributed by atoms with E-state index in [0.29, 0.717) is 18.1 Å². The molecule has 7 heteroatoms. The van der Waals surface area contributed by atoms with Crippen LogP contribution in [0.4, 0.5) is 5.69 Å². The highest BCUT2D eigenvalue weighted by molar-refractivity contribution is 5.79. The zero-order valence-electron chi connectivity index (χ0n) is 14.4. The van der Waals surface area contributed by atoms with Crippen molar-refractivity contribution in [1.82, 2.24) is 10.6 Å². The highest BCUT2D eigenvalue weighted by atomic mass is 16.6. The van der Waals surface area contributed by atoms with Gasteiger partial charge in [-0.1, -0.05) is 24.6 Å². The molecular formula is C17H26N4O3. The topological polar surface area (TPSA) is 88.8 Å². The zero-order chi connectivity index (χ0) is 17.4. The minimum Gasteiger partial charge on any atom is -0.385 e. The molecule has 1 aromatic carbocycles. The van der Waals surface area contributed by atoms with Crippen molar-refractivity contribution in [3.63, 3.8) is 0 Å². The van der Waals surface area contributed by atoms with Gasteiger partial charge in [-0.3, -0.25) is 15.1 Å². The van der Waals surface area contributed by atoms with E-state index < -0.39 is 0 Å². The van der Waals surface area contributed by atoms with E-state index in [4.69, 9.17) is 4.74 Å². The van der Waals surface area contributed by atoms with Gasteiger partial charge in [0.25, 0.3) is 5.69 Å². The van der Waals surface area contributed by atoms with Crippen LogP contribution < -0.4 is 10.6 Å². The summed E-state index contributed by atoms with van der Waals surface area (Å²) >= 11 is 0. The van der Waals surface area contributed by atoms with E-state index >= 15 is 0 Å². The average Bonchev–Trinajstić information content (AvgIpc) is 2.56. The second-order valence-corrected chi connectivity index (χ2v) is 6.26. The molecule has 0 amide bonds. The first-order valence-corrected chi connectivity index (χ1v) is 8.26. The van der Waals surface area contributed by atoms with Gasteiger partial charge < -0.3 is 15.4 Å². The Morgan fingerprint density at radius 1 is 1.38 bits per heavy atom. The summed E-state index contributed by atoms with van der Waals surface area (Å²) in [7, 11) is 3.43. The third-order valence-electron chi connectivity index (χ3n) is 4.74. The highest BCUT2D eigenvalue weighted by Crippen LogP contribution is 2.43. The Morgan fingerprint density at radius 2 is 2.12 bits per heavy atom. The van der Waals surface area contributed by atoms with E-state index in [0.717, 1.165) is 19.6 Å². The Kier molecular flexibility index (Phi) is 6.54. The van der Waals surface area contributed by atoms with Crippen molar-refractivity contribution in [2.24, 2.45) is 10.4 Å². The summed E-state index contributed by atoms with van der Waals surface area (Å²) in [6.07, 6.45) is 4.69. The monoisotopic (exact) mass is 334 g/mol. The van der Waals surface area contributed by atoms with Gasteiger partial charge in [0.15, 0.2) is 5.96 Å². The molecule has 1 saturated carbocycles. The normalized spacial score (nSPS) is 16.3. The van der Waals surface area contributed by atoms with Crippen molar-refractivity contribution in [1.29, 1.82) is 0 Å². The van der Waals surface area contributed by atoms with Gasteiger partial charge >= 0.3 is 0 Å². The Balaban J connectivity index is 1.88. The summed E-state index contributed by atoms with van der Waals surface area (Å²) in [5.74, 6) is 0.664. The number of benzene rings is 1. The lowest BCUT2D eigenvalue weighted by molar-refractivity contribution is -0.385. The van der Waals surface area contributed by atoms with Gasteiger partial charge in [-0.15, -0.1) is 0 Å². The predicted molar refractivity (Wildman–Crippen MR) is 94.1 cm³/mol. The van der Waals surface area contributed by atoms with Crippen LogP contribution in [0.25, 0.3) is 0 Å². The molecule has 7 nitrogen and oxygen atoms in total. The standard InChI is InChI=1S/C17H26N4O3/c1-18-16(20-13-17(8-5-9-17)10-11-24-2)19-12-14-6-3-4-7-15(14)21(22)23/h3-4,6-7H,5,8-13H2,1-2H3,(H2,18,19,20). The molecule has 2 rings (SSSR count). The first-order chi connectivity index (χ1) is 11.6. The molecule has 0 bridgehead atoms. The SMILES string of the molecule is CN=C(NCc1ccccc1[N+](=O)[O-])NCC1(CCOC)CCC1. The Hall–Kier alpha value is -2.15. The number of nitrogens with zero attached hydrogens (tertiary/aromatic N) is 2. The summed E-state index contributed by atoms with van der Waals surface area (Å²) in [6, 6.07) is 6.74. The van der Waals surface area contributed by atoms with Gasteiger partial charge in [-0.25, -0.2) is 0 Å². The average molecular weight is 334 g/mol. The van der Waals surface area contributed by atoms with Gasteiger partial charge in [0, 0.05) is 45.5 Å². The van der Waals surface area contributed by atoms with Crippen LogP contribution in [0.1, 0.15) is 31.2 Å². The predicted octanol–water partition coefficient (Wildman–Crippen LogP) is 2.47. The fraction of sp³-hybridized carbons (Fsp3) is 0.588. The number of ether oxygens (including phenoxy) is 1. The van der Waals surface area contributed by atoms with Gasteiger partial charge in [0.1, 0.15) is 0 Å². The van der Waals surface area contributed by atoms with Crippen molar-refractivity contribution in [2.75, 3.05) is 27.3 Å². The van der Waals surface area contributed by atoms with Gasteiger partial charge in [0.05, 0.1) is 4.92 Å². The minimum atomic E-state index is -0.360. The van der Waals surface area contributed by atoms with Gasteiger partial charge in [-0.05, 0) is 24.7 Å². The van der Waals surface area contributed by atoms with Crippen LogP contribution >= 0.6 is 0 Å². The van der Waals surface area contributed by atoms with Gasteiger partial charge in [0.2, 0.25) is 0 Å². The van der Waals surface area contributed by atoms with Crippen LogP contribution in [0.2, 0.25) is 0 Å². The summed E-state index contributed by atoms with van der Waals surface area (Å²) in [4.78, 5) is 14.9. The molecule has 0 saturated heterocycles. The molecule has 1 aliphatic carbocycles. The summed E-state index contributed by atoms with van der Waals surface area (Å²) in [5.41, 5.74) is 1.05. The number of guanidine groups is 1. The largest absolute Gasteiger partial charge is 0.385 e. The second-order valence-electron chi connectivity index (χ2n) is 6.26. The quantitative estimate of drug-likeness (QED) is 0.330. The first kappa shape index (κ1) is 18.2. The Bertz CT molecular complexity index is 585. The molecule has 0 aromatic heterocycles. The van der Waals surface area contributed by atoms with E-state index in [1.54, 1.807) is 32.4 Å². The molecule has 0 spiro atoms. The zero-order valence-corrected chi connectivity index (χ0v) is 14.4. The molecule has 1 aromatic rings. The van der Waals surface area contributed by atoms with Crippen LogP contribution in [0.3, 0.4) is 0 Å². The molecule has 2 N–H and O–H groups in total.